The molecule has 0 bridgehead atoms. The van der Waals surface area contributed by atoms with Crippen LogP contribution in [0.5, 0.6) is 11.5 Å². The standard InChI is InChI=1S/C15H18O4/c1-10(2)4-7-12-13(19-3)8-5-11(15(12)18)6-9-14(16)17/h5-6,8-9,18H,1,4,7H2,2-3H3,(H,16,17). The van der Waals surface area contributed by atoms with Crippen molar-refractivity contribution in [2.45, 2.75) is 19.8 Å². The third-order valence-electron chi connectivity index (χ3n) is 2.70. The number of methoxy groups -OCH3 is 1. The summed E-state index contributed by atoms with van der Waals surface area (Å²) >= 11 is 0. The maximum absolute atomic E-state index is 10.5. The van der Waals surface area contributed by atoms with Crippen molar-refractivity contribution in [3.63, 3.8) is 0 Å². The van der Waals surface area contributed by atoms with Crippen molar-refractivity contribution in [2.75, 3.05) is 7.11 Å². The number of allylic oxidation sites excluding steroid dienone is 1. The average molecular weight is 262 g/mol. The van der Waals surface area contributed by atoms with Gasteiger partial charge in [-0.1, -0.05) is 5.57 Å². The Morgan fingerprint density at radius 1 is 1.47 bits per heavy atom. The summed E-state index contributed by atoms with van der Waals surface area (Å²) in [6.45, 7) is 5.74. The van der Waals surface area contributed by atoms with Gasteiger partial charge in [0.25, 0.3) is 0 Å². The number of hydrogen-bond donors (Lipinski definition) is 2. The molecule has 0 heterocycles. The summed E-state index contributed by atoms with van der Waals surface area (Å²) in [4.78, 5) is 10.5. The minimum absolute atomic E-state index is 0.0538. The first-order chi connectivity index (χ1) is 8.95. The quantitative estimate of drug-likeness (QED) is 0.611. The van der Waals surface area contributed by atoms with Crippen molar-refractivity contribution in [2.24, 2.45) is 0 Å². The van der Waals surface area contributed by atoms with Crippen LogP contribution < -0.4 is 4.74 Å². The number of phenolic OH excluding ortho intramolecular Hbond substituents is 1. The van der Waals surface area contributed by atoms with Gasteiger partial charge in [0.1, 0.15) is 11.5 Å². The highest BCUT2D eigenvalue weighted by molar-refractivity contribution is 5.86. The van der Waals surface area contributed by atoms with Gasteiger partial charge in [0.05, 0.1) is 7.11 Å². The number of aliphatic carboxylic acids is 1. The third kappa shape index (κ3) is 4.17. The van der Waals surface area contributed by atoms with Crippen LogP contribution in [-0.2, 0) is 11.2 Å². The molecule has 0 spiro atoms. The van der Waals surface area contributed by atoms with Crippen molar-refractivity contribution < 1.29 is 19.7 Å². The van der Waals surface area contributed by atoms with E-state index in [2.05, 4.69) is 6.58 Å². The van der Waals surface area contributed by atoms with Crippen LogP contribution in [0.3, 0.4) is 0 Å². The lowest BCUT2D eigenvalue weighted by molar-refractivity contribution is -0.131. The second-order valence-electron chi connectivity index (χ2n) is 4.31. The van der Waals surface area contributed by atoms with Crippen molar-refractivity contribution in [3.8, 4) is 11.5 Å². The summed E-state index contributed by atoms with van der Waals surface area (Å²) < 4.78 is 5.21. The van der Waals surface area contributed by atoms with E-state index in [1.54, 1.807) is 12.1 Å². The van der Waals surface area contributed by atoms with E-state index in [1.807, 2.05) is 6.92 Å². The smallest absolute Gasteiger partial charge is 0.328 e. The third-order valence-corrected chi connectivity index (χ3v) is 2.70. The van der Waals surface area contributed by atoms with E-state index in [1.165, 1.54) is 13.2 Å². The Bertz CT molecular complexity index is 515. The van der Waals surface area contributed by atoms with Crippen molar-refractivity contribution >= 4 is 12.0 Å². The first kappa shape index (κ1) is 14.8. The van der Waals surface area contributed by atoms with Gasteiger partial charge in [-0.3, -0.25) is 0 Å². The van der Waals surface area contributed by atoms with Crippen LogP contribution in [-0.4, -0.2) is 23.3 Å². The highest BCUT2D eigenvalue weighted by atomic mass is 16.5. The second kappa shape index (κ2) is 6.64. The number of hydrogen-bond acceptors (Lipinski definition) is 3. The molecule has 4 heteroatoms. The van der Waals surface area contributed by atoms with E-state index in [9.17, 15) is 9.90 Å². The molecule has 1 aromatic rings. The molecule has 4 nitrogen and oxygen atoms in total. The fraction of sp³-hybridized carbons (Fsp3) is 0.267. The van der Waals surface area contributed by atoms with Crippen LogP contribution in [0.4, 0.5) is 0 Å². The zero-order valence-electron chi connectivity index (χ0n) is 11.1. The highest BCUT2D eigenvalue weighted by Crippen LogP contribution is 2.33. The van der Waals surface area contributed by atoms with E-state index >= 15 is 0 Å². The van der Waals surface area contributed by atoms with Crippen LogP contribution in [0.2, 0.25) is 0 Å². The molecule has 0 aliphatic rings. The van der Waals surface area contributed by atoms with Crippen molar-refractivity contribution in [1.82, 2.24) is 0 Å². The molecule has 19 heavy (non-hydrogen) atoms. The Balaban J connectivity index is 3.13. The molecule has 2 N–H and O–H groups in total. The van der Waals surface area contributed by atoms with Gasteiger partial charge < -0.3 is 14.9 Å². The number of carbonyl (C=O) groups is 1. The van der Waals surface area contributed by atoms with Crippen LogP contribution in [0.1, 0.15) is 24.5 Å². The molecular weight excluding hydrogens is 244 g/mol. The molecule has 0 saturated heterocycles. The molecular formula is C15H18O4. The lowest BCUT2D eigenvalue weighted by atomic mass is 10.0. The number of ether oxygens (including phenoxy) is 1. The van der Waals surface area contributed by atoms with Gasteiger partial charge in [0, 0.05) is 17.2 Å². The zero-order chi connectivity index (χ0) is 14.4. The Morgan fingerprint density at radius 3 is 2.68 bits per heavy atom. The molecule has 0 saturated carbocycles. The zero-order valence-corrected chi connectivity index (χ0v) is 11.1. The van der Waals surface area contributed by atoms with E-state index in [4.69, 9.17) is 9.84 Å². The Hall–Kier alpha value is -2.23. The maximum Gasteiger partial charge on any atom is 0.328 e. The van der Waals surface area contributed by atoms with Gasteiger partial charge in [0.2, 0.25) is 0 Å². The Kier molecular flexibility index (Phi) is 5.18. The summed E-state index contributed by atoms with van der Waals surface area (Å²) in [5.74, 6) is -0.414. The second-order valence-corrected chi connectivity index (χ2v) is 4.31. The lowest BCUT2D eigenvalue weighted by Gasteiger charge is -2.12. The minimum Gasteiger partial charge on any atom is -0.507 e. The van der Waals surface area contributed by atoms with Crippen molar-refractivity contribution in [1.29, 1.82) is 0 Å². The molecule has 0 radical (unpaired) electrons. The fourth-order valence-corrected chi connectivity index (χ4v) is 1.70. The molecule has 0 amide bonds. The Morgan fingerprint density at radius 2 is 2.16 bits per heavy atom. The van der Waals surface area contributed by atoms with Gasteiger partial charge in [-0.2, -0.15) is 0 Å². The number of carboxylic acid groups (broad SMARTS) is 1. The summed E-state index contributed by atoms with van der Waals surface area (Å²) in [7, 11) is 1.53. The van der Waals surface area contributed by atoms with Crippen LogP contribution in [0.15, 0.2) is 30.4 Å². The molecule has 0 unspecified atom stereocenters. The average Bonchev–Trinajstić information content (AvgIpc) is 2.35. The molecule has 1 rings (SSSR count). The normalized spacial score (nSPS) is 10.6. The Labute approximate surface area is 112 Å². The van der Waals surface area contributed by atoms with E-state index in [0.29, 0.717) is 23.3 Å². The predicted molar refractivity (Wildman–Crippen MR) is 74.5 cm³/mol. The molecule has 0 fully saturated rings. The lowest BCUT2D eigenvalue weighted by Crippen LogP contribution is -1.95. The van der Waals surface area contributed by atoms with Gasteiger partial charge in [-0.05, 0) is 38.0 Å². The minimum atomic E-state index is -1.06. The summed E-state index contributed by atoms with van der Waals surface area (Å²) in [5.41, 5.74) is 2.13. The summed E-state index contributed by atoms with van der Waals surface area (Å²) in [5, 5.41) is 18.8. The number of aromatic hydroxyl groups is 1. The van der Waals surface area contributed by atoms with Gasteiger partial charge in [-0.25, -0.2) is 4.79 Å². The SMILES string of the molecule is C=C(C)CCc1c(OC)ccc(C=CC(=O)O)c1O. The molecule has 0 aliphatic heterocycles. The largest absolute Gasteiger partial charge is 0.507 e. The molecule has 0 aromatic heterocycles. The molecule has 1 aromatic carbocycles. The van der Waals surface area contributed by atoms with E-state index < -0.39 is 5.97 Å². The van der Waals surface area contributed by atoms with Gasteiger partial charge in [-0.15, -0.1) is 6.58 Å². The summed E-state index contributed by atoms with van der Waals surface area (Å²) in [6.07, 6.45) is 3.68. The molecule has 0 aliphatic carbocycles. The van der Waals surface area contributed by atoms with Crippen molar-refractivity contribution in [3.05, 3.63) is 41.5 Å². The van der Waals surface area contributed by atoms with Crippen LogP contribution >= 0.6 is 0 Å². The monoisotopic (exact) mass is 262 g/mol. The highest BCUT2D eigenvalue weighted by Gasteiger charge is 2.12. The first-order valence-corrected chi connectivity index (χ1v) is 5.90. The topological polar surface area (TPSA) is 66.8 Å². The van der Waals surface area contributed by atoms with Gasteiger partial charge in [0.15, 0.2) is 0 Å². The van der Waals surface area contributed by atoms with Crippen LogP contribution in [0, 0.1) is 0 Å². The fourth-order valence-electron chi connectivity index (χ4n) is 1.70. The van der Waals surface area contributed by atoms with E-state index in [0.717, 1.165) is 18.1 Å². The molecule has 102 valence electrons. The number of phenols is 1. The molecule has 0 atom stereocenters. The maximum atomic E-state index is 10.5. The number of benzene rings is 1. The number of rotatable bonds is 6. The first-order valence-electron chi connectivity index (χ1n) is 5.90. The predicted octanol–water partition coefficient (Wildman–Crippen LogP) is 3.01. The van der Waals surface area contributed by atoms with E-state index in [-0.39, 0.29) is 5.75 Å². The van der Waals surface area contributed by atoms with Gasteiger partial charge >= 0.3 is 5.97 Å². The summed E-state index contributed by atoms with van der Waals surface area (Å²) in [6, 6.07) is 3.34. The van der Waals surface area contributed by atoms with Crippen LogP contribution in [0.25, 0.3) is 6.08 Å². The number of carboxylic acids is 1.